The molecule has 0 unspecified atom stereocenters. The lowest BCUT2D eigenvalue weighted by Crippen LogP contribution is -2.46. The number of hydrogen-bond donors (Lipinski definition) is 1. The maximum absolute atomic E-state index is 13.4. The highest BCUT2D eigenvalue weighted by Gasteiger charge is 2.34. The number of imidazole rings is 1. The Bertz CT molecular complexity index is 1460. The first-order chi connectivity index (χ1) is 17.9. The lowest BCUT2D eigenvalue weighted by molar-refractivity contribution is -0.146. The smallest absolute Gasteiger partial charge is 0.313 e. The highest BCUT2D eigenvalue weighted by molar-refractivity contribution is 7.18. The van der Waals surface area contributed by atoms with Crippen LogP contribution in [0.3, 0.4) is 0 Å². The Balaban J connectivity index is 0.00000294. The molecular weight excluding hydrogens is 484 g/mol. The molecule has 3 aromatic heterocycles. The van der Waals surface area contributed by atoms with E-state index in [4.69, 9.17) is 4.98 Å². The Morgan fingerprint density at radius 1 is 1.08 bits per heavy atom. The zero-order chi connectivity index (χ0) is 25.5. The molecule has 2 aliphatic heterocycles. The number of carbonyl (C=O) groups excluding carboxylic acids is 2. The number of thiazole rings is 1. The van der Waals surface area contributed by atoms with Crippen molar-refractivity contribution in [2.75, 3.05) is 32.0 Å². The van der Waals surface area contributed by atoms with Gasteiger partial charge >= 0.3 is 11.8 Å². The summed E-state index contributed by atoms with van der Waals surface area (Å²) >= 11 is 1.79. The minimum absolute atomic E-state index is 0. The number of piperidine rings is 2. The Kier molecular flexibility index (Phi) is 6.42. The van der Waals surface area contributed by atoms with Gasteiger partial charge in [0.05, 0.1) is 21.3 Å². The van der Waals surface area contributed by atoms with Crippen LogP contribution in [-0.4, -0.2) is 62.7 Å². The number of benzene rings is 1. The van der Waals surface area contributed by atoms with E-state index in [1.54, 1.807) is 34.6 Å². The number of pyridine rings is 1. The third-order valence-electron chi connectivity index (χ3n) is 7.81. The first kappa shape index (κ1) is 24.1. The molecule has 8 nitrogen and oxygen atoms in total. The summed E-state index contributed by atoms with van der Waals surface area (Å²) in [6.07, 6.45) is 9.49. The van der Waals surface area contributed by atoms with E-state index in [-0.39, 0.29) is 7.47 Å². The van der Waals surface area contributed by atoms with E-state index in [1.807, 2.05) is 16.8 Å². The third-order valence-corrected chi connectivity index (χ3v) is 9.01. The summed E-state index contributed by atoms with van der Waals surface area (Å²) in [5, 5.41) is 4.00. The van der Waals surface area contributed by atoms with Crippen LogP contribution < -0.4 is 5.32 Å². The molecule has 0 radical (unpaired) electrons. The van der Waals surface area contributed by atoms with Crippen molar-refractivity contribution in [3.8, 4) is 0 Å². The number of anilines is 1. The molecule has 0 saturated carbocycles. The molecule has 2 atom stereocenters. The van der Waals surface area contributed by atoms with Crippen LogP contribution in [0.1, 0.15) is 56.6 Å². The van der Waals surface area contributed by atoms with Crippen LogP contribution in [0.2, 0.25) is 0 Å². The molecule has 1 aromatic carbocycles. The predicted molar refractivity (Wildman–Crippen MR) is 148 cm³/mol. The molecule has 0 aliphatic carbocycles. The van der Waals surface area contributed by atoms with Gasteiger partial charge in [-0.25, -0.2) is 9.97 Å². The van der Waals surface area contributed by atoms with Crippen LogP contribution >= 0.6 is 11.3 Å². The zero-order valence-corrected chi connectivity index (χ0v) is 22.1. The molecular formula is C28H34N6O2S. The minimum atomic E-state index is -0.616. The molecule has 0 bridgehead atoms. The van der Waals surface area contributed by atoms with E-state index in [0.29, 0.717) is 29.7 Å². The van der Waals surface area contributed by atoms with Gasteiger partial charge in [0.15, 0.2) is 0 Å². The maximum Gasteiger partial charge on any atom is 0.313 e. The van der Waals surface area contributed by atoms with E-state index >= 15 is 0 Å². The van der Waals surface area contributed by atoms with Crippen molar-refractivity contribution >= 4 is 44.7 Å². The van der Waals surface area contributed by atoms with E-state index in [2.05, 4.69) is 47.4 Å². The number of carbonyl (C=O) groups is 2. The number of fused-ring (bicyclic) bond motifs is 2. The Morgan fingerprint density at radius 3 is 2.76 bits per heavy atom. The molecule has 2 amide bonds. The van der Waals surface area contributed by atoms with Crippen molar-refractivity contribution in [1.82, 2.24) is 24.2 Å². The fourth-order valence-corrected chi connectivity index (χ4v) is 6.74. The summed E-state index contributed by atoms with van der Waals surface area (Å²) in [5.41, 5.74) is 3.33. The fourth-order valence-electron chi connectivity index (χ4n) is 5.63. The Hall–Kier alpha value is -3.30. The van der Waals surface area contributed by atoms with E-state index in [0.717, 1.165) is 49.9 Å². The van der Waals surface area contributed by atoms with Gasteiger partial charge in [-0.15, -0.1) is 11.3 Å². The van der Waals surface area contributed by atoms with Crippen LogP contribution in [0.4, 0.5) is 5.69 Å². The van der Waals surface area contributed by atoms with Crippen LogP contribution in [0.5, 0.6) is 0 Å². The summed E-state index contributed by atoms with van der Waals surface area (Å²) in [6, 6.07) is 9.79. The molecule has 2 aliphatic rings. The minimum Gasteiger partial charge on any atom is -0.327 e. The average molecular weight is 519 g/mol. The van der Waals surface area contributed by atoms with Gasteiger partial charge in [-0.2, -0.15) is 0 Å². The molecule has 2 saturated heterocycles. The Morgan fingerprint density at radius 2 is 1.92 bits per heavy atom. The first-order valence-corrected chi connectivity index (χ1v) is 13.9. The van der Waals surface area contributed by atoms with Crippen LogP contribution in [0.25, 0.3) is 15.9 Å². The fraction of sp³-hybridized carbons (Fsp3) is 0.429. The second-order valence-corrected chi connectivity index (χ2v) is 11.6. The van der Waals surface area contributed by atoms with Gasteiger partial charge < -0.3 is 19.5 Å². The largest absolute Gasteiger partial charge is 0.327 e. The van der Waals surface area contributed by atoms with Crippen LogP contribution in [-0.2, 0) is 9.59 Å². The van der Waals surface area contributed by atoms with Gasteiger partial charge in [0.2, 0.25) is 0 Å². The number of rotatable bonds is 3. The molecule has 2 fully saturated rings. The predicted octanol–water partition coefficient (Wildman–Crippen LogP) is 4.94. The van der Waals surface area contributed by atoms with Gasteiger partial charge in [0.25, 0.3) is 0 Å². The maximum atomic E-state index is 13.4. The highest BCUT2D eigenvalue weighted by atomic mass is 32.1. The summed E-state index contributed by atoms with van der Waals surface area (Å²) in [4.78, 5) is 39.9. The van der Waals surface area contributed by atoms with Gasteiger partial charge in [-0.1, -0.05) is 13.0 Å². The van der Waals surface area contributed by atoms with E-state index in [1.165, 1.54) is 9.71 Å². The van der Waals surface area contributed by atoms with Crippen molar-refractivity contribution in [3.63, 3.8) is 0 Å². The zero-order valence-electron chi connectivity index (χ0n) is 21.3. The molecule has 37 heavy (non-hydrogen) atoms. The van der Waals surface area contributed by atoms with E-state index < -0.39 is 11.8 Å². The second-order valence-electron chi connectivity index (χ2n) is 10.6. The van der Waals surface area contributed by atoms with Crippen molar-refractivity contribution < 1.29 is 11.0 Å². The number of likely N-dealkylation sites (tertiary alicyclic amines) is 2. The number of nitrogens with one attached hydrogen (secondary N) is 1. The molecule has 194 valence electrons. The summed E-state index contributed by atoms with van der Waals surface area (Å²) in [6.45, 7) is 4.92. The van der Waals surface area contributed by atoms with Gasteiger partial charge in [-0.05, 0) is 75.5 Å². The monoisotopic (exact) mass is 518 g/mol. The van der Waals surface area contributed by atoms with Crippen molar-refractivity contribution in [3.05, 3.63) is 59.5 Å². The van der Waals surface area contributed by atoms with Crippen LogP contribution in [0.15, 0.2) is 48.9 Å². The summed E-state index contributed by atoms with van der Waals surface area (Å²) in [5.74, 6) is -0.247. The van der Waals surface area contributed by atoms with Gasteiger partial charge in [-0.3, -0.25) is 9.59 Å². The number of nitrogens with zero attached hydrogens (tertiary/aromatic N) is 5. The summed E-state index contributed by atoms with van der Waals surface area (Å²) < 4.78 is 3.04. The lowest BCUT2D eigenvalue weighted by Gasteiger charge is -2.38. The number of amides is 2. The molecule has 0 spiro atoms. The molecule has 1 N–H and O–H groups in total. The molecule has 6 rings (SSSR count). The van der Waals surface area contributed by atoms with Crippen LogP contribution in [0, 0.1) is 5.92 Å². The number of hydrogen-bond acceptors (Lipinski definition) is 6. The standard InChI is InChI=1S/C28H32N6O2S.H2/c1-18-3-5-23(20-4-6-24-22(15-20)31-27(37-24)19-7-11-32(2)12-8-19)34(17-18)28(36)26(35)30-21-9-13-33-14-10-29-25(33)16-21;/h4,6,9-10,13-16,18-19,23H,3,5,7-8,11-12,17H2,1-2H3,(H,30,35);1H/t18-,23+;/m0./s1. The van der Waals surface area contributed by atoms with Gasteiger partial charge in [0, 0.05) is 44.2 Å². The quantitative estimate of drug-likeness (QED) is 0.389. The number of aromatic nitrogens is 3. The third kappa shape index (κ3) is 4.85. The molecule has 5 heterocycles. The van der Waals surface area contributed by atoms with Crippen molar-refractivity contribution in [2.24, 2.45) is 5.92 Å². The second kappa shape index (κ2) is 9.87. The SMILES string of the molecule is C[C@H]1CC[C@H](c2ccc3sc(C4CCN(C)CC4)nc3c2)N(C(=O)C(=O)Nc2ccn3ccnc3c2)C1.[HH]. The average Bonchev–Trinajstić information content (AvgIpc) is 3.55. The van der Waals surface area contributed by atoms with Crippen molar-refractivity contribution in [2.45, 2.75) is 44.6 Å². The lowest BCUT2D eigenvalue weighted by atomic mass is 9.89. The normalized spacial score (nSPS) is 21.5. The van der Waals surface area contributed by atoms with E-state index in [9.17, 15) is 9.59 Å². The van der Waals surface area contributed by atoms with Gasteiger partial charge in [0.1, 0.15) is 5.65 Å². The summed E-state index contributed by atoms with van der Waals surface area (Å²) in [7, 11) is 2.18. The Labute approximate surface area is 221 Å². The molecule has 9 heteroatoms. The highest BCUT2D eigenvalue weighted by Crippen LogP contribution is 2.38. The van der Waals surface area contributed by atoms with Crippen molar-refractivity contribution in [1.29, 1.82) is 0 Å². The first-order valence-electron chi connectivity index (χ1n) is 13.1. The molecule has 4 aromatic rings. The topological polar surface area (TPSA) is 82.8 Å².